The average Bonchev–Trinajstić information content (AvgIpc) is 2.07. The minimum atomic E-state index is 0.861. The van der Waals surface area contributed by atoms with Gasteiger partial charge >= 0.3 is 0 Å². The van der Waals surface area contributed by atoms with E-state index in [0.29, 0.717) is 0 Å². The van der Waals surface area contributed by atoms with E-state index in [9.17, 15) is 0 Å². The van der Waals surface area contributed by atoms with E-state index in [1.54, 1.807) is 11.1 Å². The Morgan fingerprint density at radius 1 is 0.917 bits per heavy atom. The van der Waals surface area contributed by atoms with Crippen molar-refractivity contribution in [3.63, 3.8) is 0 Å². The maximum atomic E-state index is 2.36. The van der Waals surface area contributed by atoms with E-state index >= 15 is 0 Å². The van der Waals surface area contributed by atoms with E-state index in [1.807, 2.05) is 0 Å². The molecule has 12 heavy (non-hydrogen) atoms. The third kappa shape index (κ3) is 1.26. The van der Waals surface area contributed by atoms with Crippen LogP contribution in [0.25, 0.3) is 0 Å². The van der Waals surface area contributed by atoms with Crippen LogP contribution in [-0.4, -0.2) is 0 Å². The molecule has 0 amide bonds. The largest absolute Gasteiger partial charge is 0.0620 e. The Bertz CT molecular complexity index is 246. The summed E-state index contributed by atoms with van der Waals surface area (Å²) in [6.45, 7) is 4.72. The molecule has 0 nitrogen and oxygen atoms in total. The topological polar surface area (TPSA) is 0 Å². The van der Waals surface area contributed by atoms with Gasteiger partial charge in [0.15, 0.2) is 0 Å². The molecule has 1 aliphatic carbocycles. The zero-order chi connectivity index (χ0) is 8.55. The Morgan fingerprint density at radius 2 is 1.33 bits per heavy atom. The molecule has 0 saturated heterocycles. The molecule has 0 bridgehead atoms. The van der Waals surface area contributed by atoms with Crippen LogP contribution >= 0.6 is 0 Å². The van der Waals surface area contributed by atoms with E-state index in [2.05, 4.69) is 38.1 Å². The van der Waals surface area contributed by atoms with Crippen molar-refractivity contribution < 1.29 is 0 Å². The first kappa shape index (κ1) is 7.85. The third-order valence-electron chi connectivity index (χ3n) is 3.17. The van der Waals surface area contributed by atoms with Crippen molar-refractivity contribution in [3.8, 4) is 0 Å². The lowest BCUT2D eigenvalue weighted by atomic mass is 9.78. The molecule has 0 N–H and O–H groups in total. The molecule has 0 heterocycles. The predicted octanol–water partition coefficient (Wildman–Crippen LogP) is 3.06. The Morgan fingerprint density at radius 3 is 1.75 bits per heavy atom. The summed E-state index contributed by atoms with van der Waals surface area (Å²) < 4.78 is 0. The van der Waals surface area contributed by atoms with Crippen molar-refractivity contribution in [1.29, 1.82) is 0 Å². The zero-order valence-electron chi connectivity index (χ0n) is 7.88. The van der Waals surface area contributed by atoms with Crippen molar-refractivity contribution >= 4 is 0 Å². The molecule has 1 aromatic carbocycles. The molecule has 0 spiro atoms. The van der Waals surface area contributed by atoms with Crippen LogP contribution in [0.5, 0.6) is 0 Å². The molecular formula is C12H16. The van der Waals surface area contributed by atoms with Gasteiger partial charge in [-0.05, 0) is 35.8 Å². The monoisotopic (exact) mass is 160 g/mol. The predicted molar refractivity (Wildman–Crippen MR) is 52.2 cm³/mol. The summed E-state index contributed by atoms with van der Waals surface area (Å²) in [5.74, 6) is 1.72. The SMILES string of the molecule is C[C@@H]1Cc2ccccc2C[C@H]1C. The van der Waals surface area contributed by atoms with Crippen LogP contribution in [-0.2, 0) is 12.8 Å². The number of rotatable bonds is 0. The van der Waals surface area contributed by atoms with Crippen LogP contribution in [0, 0.1) is 11.8 Å². The smallest absolute Gasteiger partial charge is 0.0248 e. The fraction of sp³-hybridized carbons (Fsp3) is 0.500. The van der Waals surface area contributed by atoms with E-state index in [1.165, 1.54) is 12.8 Å². The lowest BCUT2D eigenvalue weighted by molar-refractivity contribution is 0.361. The highest BCUT2D eigenvalue weighted by Crippen LogP contribution is 2.29. The Hall–Kier alpha value is -0.780. The average molecular weight is 160 g/mol. The summed E-state index contributed by atoms with van der Waals surface area (Å²) in [5, 5.41) is 0. The first-order valence-electron chi connectivity index (χ1n) is 4.84. The van der Waals surface area contributed by atoms with E-state index in [4.69, 9.17) is 0 Å². The molecule has 1 aliphatic rings. The van der Waals surface area contributed by atoms with Gasteiger partial charge in [-0.15, -0.1) is 0 Å². The Kier molecular flexibility index (Phi) is 1.92. The first-order valence-corrected chi connectivity index (χ1v) is 4.84. The fourth-order valence-corrected chi connectivity index (χ4v) is 2.05. The molecule has 0 fully saturated rings. The molecule has 2 rings (SSSR count). The molecule has 0 heteroatoms. The lowest BCUT2D eigenvalue weighted by Gasteiger charge is -2.27. The minimum absolute atomic E-state index is 0.861. The van der Waals surface area contributed by atoms with E-state index < -0.39 is 0 Å². The summed E-state index contributed by atoms with van der Waals surface area (Å²) in [6, 6.07) is 8.86. The quantitative estimate of drug-likeness (QED) is 0.547. The van der Waals surface area contributed by atoms with Crippen LogP contribution in [0.3, 0.4) is 0 Å². The maximum absolute atomic E-state index is 2.36. The van der Waals surface area contributed by atoms with Gasteiger partial charge in [-0.1, -0.05) is 38.1 Å². The van der Waals surface area contributed by atoms with Gasteiger partial charge in [0, 0.05) is 0 Å². The first-order chi connectivity index (χ1) is 5.77. The van der Waals surface area contributed by atoms with Gasteiger partial charge in [0.2, 0.25) is 0 Å². The summed E-state index contributed by atoms with van der Waals surface area (Å²) in [7, 11) is 0. The molecule has 0 unspecified atom stereocenters. The number of benzene rings is 1. The highest BCUT2D eigenvalue weighted by molar-refractivity contribution is 5.30. The number of fused-ring (bicyclic) bond motifs is 1. The lowest BCUT2D eigenvalue weighted by Crippen LogP contribution is -2.20. The van der Waals surface area contributed by atoms with Crippen molar-refractivity contribution in [3.05, 3.63) is 35.4 Å². The van der Waals surface area contributed by atoms with E-state index in [-0.39, 0.29) is 0 Å². The standard InChI is InChI=1S/C12H16/c1-9-7-11-5-3-4-6-12(11)8-10(9)2/h3-6,9-10H,7-8H2,1-2H3/t9-,10-/m1/s1. The van der Waals surface area contributed by atoms with Crippen LogP contribution < -0.4 is 0 Å². The van der Waals surface area contributed by atoms with Gasteiger partial charge in [-0.25, -0.2) is 0 Å². The van der Waals surface area contributed by atoms with Crippen molar-refractivity contribution in [2.45, 2.75) is 26.7 Å². The van der Waals surface area contributed by atoms with E-state index in [0.717, 1.165) is 11.8 Å². The molecule has 0 aliphatic heterocycles. The normalized spacial score (nSPS) is 28.2. The van der Waals surface area contributed by atoms with Gasteiger partial charge in [0.25, 0.3) is 0 Å². The summed E-state index contributed by atoms with van der Waals surface area (Å²) in [5.41, 5.74) is 3.14. The molecule has 0 saturated carbocycles. The highest BCUT2D eigenvalue weighted by atomic mass is 14.3. The van der Waals surface area contributed by atoms with Gasteiger partial charge in [-0.2, -0.15) is 0 Å². The number of hydrogen-bond acceptors (Lipinski definition) is 0. The summed E-state index contributed by atoms with van der Waals surface area (Å²) in [6.07, 6.45) is 2.55. The third-order valence-corrected chi connectivity index (χ3v) is 3.17. The van der Waals surface area contributed by atoms with Gasteiger partial charge in [0.1, 0.15) is 0 Å². The van der Waals surface area contributed by atoms with Crippen LogP contribution in [0.15, 0.2) is 24.3 Å². The second-order valence-electron chi connectivity index (χ2n) is 4.13. The molecule has 64 valence electrons. The van der Waals surface area contributed by atoms with Gasteiger partial charge in [0.05, 0.1) is 0 Å². The van der Waals surface area contributed by atoms with Crippen LogP contribution in [0.2, 0.25) is 0 Å². The van der Waals surface area contributed by atoms with Crippen molar-refractivity contribution in [2.24, 2.45) is 11.8 Å². The fourth-order valence-electron chi connectivity index (χ4n) is 2.05. The van der Waals surface area contributed by atoms with Crippen molar-refractivity contribution in [1.82, 2.24) is 0 Å². The molecular weight excluding hydrogens is 144 g/mol. The Labute approximate surface area is 74.6 Å². The second-order valence-corrected chi connectivity index (χ2v) is 4.13. The maximum Gasteiger partial charge on any atom is -0.0248 e. The minimum Gasteiger partial charge on any atom is -0.0620 e. The highest BCUT2D eigenvalue weighted by Gasteiger charge is 2.20. The molecule has 2 atom stereocenters. The molecule has 0 radical (unpaired) electrons. The van der Waals surface area contributed by atoms with Crippen LogP contribution in [0.4, 0.5) is 0 Å². The van der Waals surface area contributed by atoms with Gasteiger partial charge < -0.3 is 0 Å². The van der Waals surface area contributed by atoms with Crippen molar-refractivity contribution in [2.75, 3.05) is 0 Å². The second kappa shape index (κ2) is 2.93. The summed E-state index contributed by atoms with van der Waals surface area (Å²) in [4.78, 5) is 0. The Balaban J connectivity index is 2.34. The molecule has 1 aromatic rings. The van der Waals surface area contributed by atoms with Gasteiger partial charge in [-0.3, -0.25) is 0 Å². The van der Waals surface area contributed by atoms with Crippen LogP contribution in [0.1, 0.15) is 25.0 Å². The number of hydrogen-bond donors (Lipinski definition) is 0. The zero-order valence-corrected chi connectivity index (χ0v) is 7.88. The molecule has 0 aromatic heterocycles. The summed E-state index contributed by atoms with van der Waals surface area (Å²) >= 11 is 0.